The van der Waals surface area contributed by atoms with Gasteiger partial charge < -0.3 is 5.32 Å². The molecule has 5 heteroatoms. The molecule has 2 heterocycles. The quantitative estimate of drug-likeness (QED) is 0.760. The molecule has 15 heavy (non-hydrogen) atoms. The lowest BCUT2D eigenvalue weighted by Crippen LogP contribution is -2.38. The highest BCUT2D eigenvalue weighted by Gasteiger charge is 2.23. The summed E-state index contributed by atoms with van der Waals surface area (Å²) in [7, 11) is 0. The first-order valence-electron chi connectivity index (χ1n) is 5.41. The molecule has 1 aliphatic heterocycles. The number of rotatable bonds is 3. The Kier molecular flexibility index (Phi) is 3.11. The number of piperidine rings is 1. The minimum absolute atomic E-state index is 0.0771. The van der Waals surface area contributed by atoms with Gasteiger partial charge in [0.05, 0.1) is 0 Å². The number of Topliss-reactive ketones (excluding diaryl/α,β-unsaturated/α-hetero) is 1. The third-order valence-corrected chi connectivity index (χ3v) is 2.82. The lowest BCUT2D eigenvalue weighted by atomic mass is 9.94. The van der Waals surface area contributed by atoms with Gasteiger partial charge in [0.15, 0.2) is 0 Å². The fourth-order valence-corrected chi connectivity index (χ4v) is 1.92. The SMILES string of the molecule is CCn1ncnc1CC1CNCCC1=O. The van der Waals surface area contributed by atoms with Crippen LogP contribution in [0.4, 0.5) is 0 Å². The van der Waals surface area contributed by atoms with E-state index >= 15 is 0 Å². The highest BCUT2D eigenvalue weighted by molar-refractivity contribution is 5.82. The first-order chi connectivity index (χ1) is 7.31. The molecule has 0 aromatic carbocycles. The van der Waals surface area contributed by atoms with E-state index in [1.165, 1.54) is 0 Å². The van der Waals surface area contributed by atoms with Crippen molar-refractivity contribution in [1.82, 2.24) is 20.1 Å². The number of aryl methyl sites for hydroxylation is 1. The smallest absolute Gasteiger partial charge is 0.138 e. The van der Waals surface area contributed by atoms with E-state index in [9.17, 15) is 4.79 Å². The standard InChI is InChI=1S/C10H16N4O/c1-2-14-10(12-7-13-14)5-8-6-11-4-3-9(8)15/h7-8,11H,2-6H2,1H3. The van der Waals surface area contributed by atoms with Gasteiger partial charge in [0.25, 0.3) is 0 Å². The summed E-state index contributed by atoms with van der Waals surface area (Å²) >= 11 is 0. The number of nitrogens with one attached hydrogen (secondary N) is 1. The molecule has 0 aliphatic carbocycles. The fourth-order valence-electron chi connectivity index (χ4n) is 1.92. The van der Waals surface area contributed by atoms with Crippen molar-refractivity contribution in [3.63, 3.8) is 0 Å². The molecule has 1 aromatic heterocycles. The lowest BCUT2D eigenvalue weighted by molar-refractivity contribution is -0.123. The molecular weight excluding hydrogens is 192 g/mol. The van der Waals surface area contributed by atoms with E-state index < -0.39 is 0 Å². The highest BCUT2D eigenvalue weighted by Crippen LogP contribution is 2.11. The second-order valence-electron chi connectivity index (χ2n) is 3.81. The highest BCUT2D eigenvalue weighted by atomic mass is 16.1. The second-order valence-corrected chi connectivity index (χ2v) is 3.81. The Morgan fingerprint density at radius 2 is 2.53 bits per heavy atom. The van der Waals surface area contributed by atoms with Crippen molar-refractivity contribution in [3.05, 3.63) is 12.2 Å². The number of ketones is 1. The monoisotopic (exact) mass is 208 g/mol. The summed E-state index contributed by atoms with van der Waals surface area (Å²) in [4.78, 5) is 15.8. The normalized spacial score (nSPS) is 21.9. The fraction of sp³-hybridized carbons (Fsp3) is 0.700. The number of hydrogen-bond acceptors (Lipinski definition) is 4. The molecule has 1 unspecified atom stereocenters. The molecule has 1 atom stereocenters. The summed E-state index contributed by atoms with van der Waals surface area (Å²) in [6.07, 6.45) is 2.91. The molecule has 0 amide bonds. The van der Waals surface area contributed by atoms with Gasteiger partial charge in [-0.1, -0.05) is 0 Å². The molecular formula is C10H16N4O. The number of nitrogens with zero attached hydrogens (tertiary/aromatic N) is 3. The van der Waals surface area contributed by atoms with E-state index in [2.05, 4.69) is 15.4 Å². The van der Waals surface area contributed by atoms with Crippen LogP contribution in [0.5, 0.6) is 0 Å². The summed E-state index contributed by atoms with van der Waals surface area (Å²) in [5.74, 6) is 1.34. The van der Waals surface area contributed by atoms with Gasteiger partial charge in [0.1, 0.15) is 17.9 Å². The van der Waals surface area contributed by atoms with Crippen LogP contribution >= 0.6 is 0 Å². The molecule has 0 spiro atoms. The van der Waals surface area contributed by atoms with Crippen molar-refractivity contribution < 1.29 is 4.79 Å². The minimum Gasteiger partial charge on any atom is -0.316 e. The van der Waals surface area contributed by atoms with Crippen molar-refractivity contribution in [1.29, 1.82) is 0 Å². The zero-order valence-corrected chi connectivity index (χ0v) is 8.94. The van der Waals surface area contributed by atoms with Crippen molar-refractivity contribution >= 4 is 5.78 Å². The Morgan fingerprint density at radius 1 is 1.67 bits per heavy atom. The summed E-state index contributed by atoms with van der Waals surface area (Å²) < 4.78 is 1.85. The molecule has 0 radical (unpaired) electrons. The summed E-state index contributed by atoms with van der Waals surface area (Å²) in [5.41, 5.74) is 0. The average molecular weight is 208 g/mol. The molecule has 1 aliphatic rings. The van der Waals surface area contributed by atoms with Crippen molar-refractivity contribution in [2.24, 2.45) is 5.92 Å². The van der Waals surface area contributed by atoms with Crippen LogP contribution in [0.25, 0.3) is 0 Å². The molecule has 82 valence electrons. The maximum atomic E-state index is 11.6. The van der Waals surface area contributed by atoms with Gasteiger partial charge >= 0.3 is 0 Å². The number of carbonyl (C=O) groups excluding carboxylic acids is 1. The van der Waals surface area contributed by atoms with Gasteiger partial charge in [-0.05, 0) is 6.92 Å². The molecule has 1 aromatic rings. The number of aromatic nitrogens is 3. The topological polar surface area (TPSA) is 59.8 Å². The van der Waals surface area contributed by atoms with E-state index in [0.29, 0.717) is 18.6 Å². The summed E-state index contributed by atoms with van der Waals surface area (Å²) in [6, 6.07) is 0. The van der Waals surface area contributed by atoms with Gasteiger partial charge in [-0.3, -0.25) is 9.48 Å². The molecule has 1 N–H and O–H groups in total. The molecule has 1 saturated heterocycles. The van der Waals surface area contributed by atoms with Gasteiger partial charge in [-0.15, -0.1) is 0 Å². The summed E-state index contributed by atoms with van der Waals surface area (Å²) in [5, 5.41) is 7.34. The number of hydrogen-bond donors (Lipinski definition) is 1. The lowest BCUT2D eigenvalue weighted by Gasteiger charge is -2.21. The Morgan fingerprint density at radius 3 is 3.27 bits per heavy atom. The van der Waals surface area contributed by atoms with E-state index in [1.807, 2.05) is 11.6 Å². The van der Waals surface area contributed by atoms with Crippen LogP contribution < -0.4 is 5.32 Å². The van der Waals surface area contributed by atoms with Crippen LogP contribution in [0.3, 0.4) is 0 Å². The Labute approximate surface area is 88.9 Å². The van der Waals surface area contributed by atoms with E-state index in [1.54, 1.807) is 6.33 Å². The first-order valence-corrected chi connectivity index (χ1v) is 5.41. The van der Waals surface area contributed by atoms with Crippen molar-refractivity contribution in [3.8, 4) is 0 Å². The third-order valence-electron chi connectivity index (χ3n) is 2.82. The van der Waals surface area contributed by atoms with Crippen LogP contribution in [-0.2, 0) is 17.8 Å². The van der Waals surface area contributed by atoms with Crippen LogP contribution in [-0.4, -0.2) is 33.6 Å². The van der Waals surface area contributed by atoms with Crippen molar-refractivity contribution in [2.45, 2.75) is 26.3 Å². The minimum atomic E-state index is 0.0771. The van der Waals surface area contributed by atoms with Crippen molar-refractivity contribution in [2.75, 3.05) is 13.1 Å². The van der Waals surface area contributed by atoms with E-state index in [4.69, 9.17) is 0 Å². The van der Waals surface area contributed by atoms with Gasteiger partial charge in [-0.25, -0.2) is 4.98 Å². The predicted molar refractivity (Wildman–Crippen MR) is 55.4 cm³/mol. The maximum absolute atomic E-state index is 11.6. The molecule has 0 bridgehead atoms. The summed E-state index contributed by atoms with van der Waals surface area (Å²) in [6.45, 7) is 4.42. The third kappa shape index (κ3) is 2.23. The van der Waals surface area contributed by atoms with Crippen LogP contribution in [0.1, 0.15) is 19.2 Å². The average Bonchev–Trinajstić information content (AvgIpc) is 2.69. The predicted octanol–water partition coefficient (Wildman–Crippen LogP) is 0.0191. The van der Waals surface area contributed by atoms with Gasteiger partial charge in [0, 0.05) is 38.4 Å². The van der Waals surface area contributed by atoms with E-state index in [0.717, 1.165) is 25.5 Å². The van der Waals surface area contributed by atoms with E-state index in [-0.39, 0.29) is 5.92 Å². The van der Waals surface area contributed by atoms with Crippen LogP contribution in [0.15, 0.2) is 6.33 Å². The number of carbonyl (C=O) groups is 1. The Bertz CT molecular complexity index is 347. The van der Waals surface area contributed by atoms with Gasteiger partial charge in [0.2, 0.25) is 0 Å². The maximum Gasteiger partial charge on any atom is 0.138 e. The molecule has 2 rings (SSSR count). The Hall–Kier alpha value is -1.23. The molecule has 1 fully saturated rings. The first kappa shape index (κ1) is 10.3. The largest absolute Gasteiger partial charge is 0.316 e. The molecule has 0 saturated carbocycles. The van der Waals surface area contributed by atoms with Gasteiger partial charge in [-0.2, -0.15) is 5.10 Å². The molecule has 5 nitrogen and oxygen atoms in total. The zero-order valence-electron chi connectivity index (χ0n) is 8.94. The second kappa shape index (κ2) is 4.53. The van der Waals surface area contributed by atoms with Crippen LogP contribution in [0, 0.1) is 5.92 Å². The Balaban J connectivity index is 2.04. The zero-order chi connectivity index (χ0) is 10.7. The van der Waals surface area contributed by atoms with Crippen LogP contribution in [0.2, 0.25) is 0 Å².